The number of aryl methyl sites for hydroxylation is 2. The van der Waals surface area contributed by atoms with Crippen molar-refractivity contribution in [1.29, 1.82) is 0 Å². The van der Waals surface area contributed by atoms with Crippen LogP contribution in [-0.2, 0) is 30.4 Å². The molecule has 0 aliphatic heterocycles. The SMILES string of the molecule is Cc1cc(C)nc(NC(=O)Cn2nc(C(F)(F)F)c3c2CCC3)n1. The third-order valence-electron chi connectivity index (χ3n) is 3.80. The summed E-state index contributed by atoms with van der Waals surface area (Å²) in [6.07, 6.45) is -3.04. The number of alkyl halides is 3. The molecule has 2 aromatic rings. The van der Waals surface area contributed by atoms with Crippen LogP contribution in [0, 0.1) is 13.8 Å². The molecule has 0 radical (unpaired) electrons. The van der Waals surface area contributed by atoms with Crippen molar-refractivity contribution >= 4 is 11.9 Å². The van der Waals surface area contributed by atoms with E-state index in [0.717, 1.165) is 4.68 Å². The number of carbonyl (C=O) groups excluding carboxylic acids is 1. The van der Waals surface area contributed by atoms with Crippen LogP contribution in [-0.4, -0.2) is 25.7 Å². The number of hydrogen-bond donors (Lipinski definition) is 1. The molecule has 0 unspecified atom stereocenters. The lowest BCUT2D eigenvalue weighted by Gasteiger charge is -2.08. The minimum Gasteiger partial charge on any atom is -0.293 e. The van der Waals surface area contributed by atoms with Crippen molar-refractivity contribution in [3.05, 3.63) is 34.4 Å². The quantitative estimate of drug-likeness (QED) is 0.932. The van der Waals surface area contributed by atoms with Gasteiger partial charge in [-0.2, -0.15) is 18.3 Å². The van der Waals surface area contributed by atoms with Crippen LogP contribution >= 0.6 is 0 Å². The van der Waals surface area contributed by atoms with Crippen LogP contribution in [0.15, 0.2) is 6.07 Å². The summed E-state index contributed by atoms with van der Waals surface area (Å²) in [5.74, 6) is -0.372. The van der Waals surface area contributed by atoms with Gasteiger partial charge in [0.2, 0.25) is 11.9 Å². The smallest absolute Gasteiger partial charge is 0.293 e. The molecule has 2 aromatic heterocycles. The summed E-state index contributed by atoms with van der Waals surface area (Å²) >= 11 is 0. The lowest BCUT2D eigenvalue weighted by atomic mass is 10.2. The largest absolute Gasteiger partial charge is 0.435 e. The molecule has 0 bridgehead atoms. The molecule has 1 amide bonds. The molecular weight excluding hydrogens is 323 g/mol. The average molecular weight is 339 g/mol. The first-order valence-corrected chi connectivity index (χ1v) is 7.52. The molecular formula is C15H16F3N5O. The van der Waals surface area contributed by atoms with Gasteiger partial charge in [0.1, 0.15) is 6.54 Å². The van der Waals surface area contributed by atoms with Gasteiger partial charge in [0.05, 0.1) is 0 Å². The maximum Gasteiger partial charge on any atom is 0.435 e. The van der Waals surface area contributed by atoms with Crippen molar-refractivity contribution in [2.24, 2.45) is 0 Å². The molecule has 1 N–H and O–H groups in total. The molecule has 1 aliphatic rings. The van der Waals surface area contributed by atoms with Crippen LogP contribution in [0.4, 0.5) is 19.1 Å². The molecule has 0 saturated heterocycles. The highest BCUT2D eigenvalue weighted by molar-refractivity contribution is 5.88. The predicted molar refractivity (Wildman–Crippen MR) is 79.4 cm³/mol. The first kappa shape index (κ1) is 16.4. The highest BCUT2D eigenvalue weighted by Crippen LogP contribution is 2.36. The Morgan fingerprint density at radius 2 is 1.92 bits per heavy atom. The van der Waals surface area contributed by atoms with Gasteiger partial charge in [0.25, 0.3) is 0 Å². The molecule has 1 aliphatic carbocycles. The second kappa shape index (κ2) is 5.88. The van der Waals surface area contributed by atoms with Gasteiger partial charge in [0.15, 0.2) is 5.69 Å². The number of aromatic nitrogens is 4. The summed E-state index contributed by atoms with van der Waals surface area (Å²) in [6.45, 7) is 3.23. The van der Waals surface area contributed by atoms with Crippen molar-refractivity contribution in [2.75, 3.05) is 5.32 Å². The van der Waals surface area contributed by atoms with Gasteiger partial charge in [-0.3, -0.25) is 14.8 Å². The standard InChI is InChI=1S/C15H16F3N5O/c1-8-6-9(2)20-14(19-8)21-12(24)7-23-11-5-3-4-10(11)13(22-23)15(16,17)18/h6H,3-5,7H2,1-2H3,(H,19,20,21,24). The van der Waals surface area contributed by atoms with E-state index < -0.39 is 17.8 Å². The molecule has 0 spiro atoms. The summed E-state index contributed by atoms with van der Waals surface area (Å²) in [4.78, 5) is 20.3. The number of anilines is 1. The minimum atomic E-state index is -4.51. The number of fused-ring (bicyclic) bond motifs is 1. The van der Waals surface area contributed by atoms with Crippen LogP contribution in [0.5, 0.6) is 0 Å². The predicted octanol–water partition coefficient (Wildman–Crippen LogP) is 2.44. The fourth-order valence-electron chi connectivity index (χ4n) is 2.95. The number of amides is 1. The van der Waals surface area contributed by atoms with Crippen LogP contribution in [0.1, 0.15) is 34.8 Å². The molecule has 24 heavy (non-hydrogen) atoms. The van der Waals surface area contributed by atoms with Crippen LogP contribution in [0.2, 0.25) is 0 Å². The maximum atomic E-state index is 13.0. The number of nitrogens with zero attached hydrogens (tertiary/aromatic N) is 4. The summed E-state index contributed by atoms with van der Waals surface area (Å²) in [7, 11) is 0. The normalized spacial score (nSPS) is 13.9. The fraction of sp³-hybridized carbons (Fsp3) is 0.467. The third-order valence-corrected chi connectivity index (χ3v) is 3.80. The topological polar surface area (TPSA) is 72.7 Å². The second-order valence-electron chi connectivity index (χ2n) is 5.81. The van der Waals surface area contributed by atoms with Gasteiger partial charge in [-0.25, -0.2) is 9.97 Å². The van der Waals surface area contributed by atoms with E-state index in [9.17, 15) is 18.0 Å². The highest BCUT2D eigenvalue weighted by Gasteiger charge is 2.40. The van der Waals surface area contributed by atoms with E-state index in [1.807, 2.05) is 0 Å². The average Bonchev–Trinajstić information content (AvgIpc) is 3.00. The highest BCUT2D eigenvalue weighted by atomic mass is 19.4. The summed E-state index contributed by atoms with van der Waals surface area (Å²) in [6, 6.07) is 1.76. The Bertz CT molecular complexity index is 777. The molecule has 0 fully saturated rings. The van der Waals surface area contributed by atoms with E-state index in [4.69, 9.17) is 0 Å². The van der Waals surface area contributed by atoms with Crippen molar-refractivity contribution in [1.82, 2.24) is 19.7 Å². The van der Waals surface area contributed by atoms with Gasteiger partial charge in [-0.15, -0.1) is 0 Å². The van der Waals surface area contributed by atoms with E-state index in [1.54, 1.807) is 19.9 Å². The Labute approximate surface area is 136 Å². The number of hydrogen-bond acceptors (Lipinski definition) is 4. The third kappa shape index (κ3) is 3.24. The van der Waals surface area contributed by atoms with Gasteiger partial charge in [0, 0.05) is 22.6 Å². The van der Waals surface area contributed by atoms with E-state index in [2.05, 4.69) is 20.4 Å². The maximum absolute atomic E-state index is 13.0. The molecule has 3 rings (SSSR count). The van der Waals surface area contributed by atoms with Crippen LogP contribution < -0.4 is 5.32 Å². The molecule has 2 heterocycles. The van der Waals surface area contributed by atoms with Crippen molar-refractivity contribution in [2.45, 2.75) is 45.8 Å². The monoisotopic (exact) mass is 339 g/mol. The van der Waals surface area contributed by atoms with E-state index >= 15 is 0 Å². The van der Waals surface area contributed by atoms with Crippen LogP contribution in [0.3, 0.4) is 0 Å². The van der Waals surface area contributed by atoms with Crippen molar-refractivity contribution < 1.29 is 18.0 Å². The van der Waals surface area contributed by atoms with Crippen molar-refractivity contribution in [3.63, 3.8) is 0 Å². The van der Waals surface area contributed by atoms with E-state index in [-0.39, 0.29) is 18.1 Å². The van der Waals surface area contributed by atoms with Crippen LogP contribution in [0.25, 0.3) is 0 Å². The minimum absolute atomic E-state index is 0.136. The lowest BCUT2D eigenvalue weighted by molar-refractivity contribution is -0.142. The molecule has 0 aromatic carbocycles. The molecule has 9 heteroatoms. The Morgan fingerprint density at radius 3 is 2.54 bits per heavy atom. The van der Waals surface area contributed by atoms with E-state index in [1.165, 1.54) is 0 Å². The summed E-state index contributed by atoms with van der Waals surface area (Å²) < 4.78 is 40.2. The van der Waals surface area contributed by atoms with Gasteiger partial charge >= 0.3 is 6.18 Å². The summed E-state index contributed by atoms with van der Waals surface area (Å²) in [5, 5.41) is 6.12. The Morgan fingerprint density at radius 1 is 1.25 bits per heavy atom. The second-order valence-corrected chi connectivity index (χ2v) is 5.81. The number of rotatable bonds is 3. The zero-order valence-corrected chi connectivity index (χ0v) is 13.2. The van der Waals surface area contributed by atoms with Gasteiger partial charge in [-0.05, 0) is 39.2 Å². The zero-order valence-electron chi connectivity index (χ0n) is 13.2. The Hall–Kier alpha value is -2.45. The fourth-order valence-corrected chi connectivity index (χ4v) is 2.95. The lowest BCUT2D eigenvalue weighted by Crippen LogP contribution is -2.22. The summed E-state index contributed by atoms with van der Waals surface area (Å²) in [5.41, 5.74) is 1.19. The molecule has 0 atom stereocenters. The first-order valence-electron chi connectivity index (χ1n) is 7.52. The Balaban J connectivity index is 1.80. The van der Waals surface area contributed by atoms with Gasteiger partial charge in [-0.1, -0.05) is 0 Å². The molecule has 128 valence electrons. The number of halogens is 3. The van der Waals surface area contributed by atoms with Gasteiger partial charge < -0.3 is 0 Å². The zero-order chi connectivity index (χ0) is 17.5. The first-order chi connectivity index (χ1) is 11.2. The number of carbonyl (C=O) groups is 1. The molecule has 6 nitrogen and oxygen atoms in total. The van der Waals surface area contributed by atoms with E-state index in [0.29, 0.717) is 36.3 Å². The Kier molecular flexibility index (Phi) is 4.02. The number of nitrogens with one attached hydrogen (secondary N) is 1. The molecule has 0 saturated carbocycles. The van der Waals surface area contributed by atoms with Crippen molar-refractivity contribution in [3.8, 4) is 0 Å².